The van der Waals surface area contributed by atoms with Gasteiger partial charge in [-0.3, -0.25) is 0 Å². The zero-order chi connectivity index (χ0) is 10.5. The van der Waals surface area contributed by atoms with E-state index in [0.29, 0.717) is 0 Å². The molecule has 0 N–H and O–H groups in total. The molecule has 2 aromatic rings. The zero-order valence-corrected chi connectivity index (χ0v) is 10.1. The molecule has 3 nitrogen and oxygen atoms in total. The number of nitrogens with zero attached hydrogens (tertiary/aromatic N) is 3. The van der Waals surface area contributed by atoms with E-state index in [1.807, 2.05) is 23.0 Å². The second kappa shape index (κ2) is 2.95. The highest BCUT2D eigenvalue weighted by Crippen LogP contribution is 2.47. The number of rotatable bonds is 1. The number of aromatic nitrogens is 2. The van der Waals surface area contributed by atoms with Gasteiger partial charge in [0.15, 0.2) is 0 Å². The molecule has 0 aromatic carbocycles. The predicted octanol–water partition coefficient (Wildman–Crippen LogP) is 2.49. The molecule has 1 fully saturated rings. The molecule has 2 aromatic heterocycles. The standard InChI is InChI=1S/C11H8IN3/c12-9-5-14-15-6-8(1-2-10(9)15)11(7-13)3-4-11/h1-2,5-6H,3-4H2. The highest BCUT2D eigenvalue weighted by molar-refractivity contribution is 14.1. The maximum absolute atomic E-state index is 9.11. The number of pyridine rings is 1. The lowest BCUT2D eigenvalue weighted by Gasteiger charge is -2.05. The number of hydrogen-bond donors (Lipinski definition) is 0. The normalized spacial score (nSPS) is 17.6. The van der Waals surface area contributed by atoms with Gasteiger partial charge in [0, 0.05) is 6.20 Å². The maximum atomic E-state index is 9.11. The molecule has 1 aliphatic rings. The summed E-state index contributed by atoms with van der Waals surface area (Å²) in [5.41, 5.74) is 1.98. The lowest BCUT2D eigenvalue weighted by Crippen LogP contribution is -2.04. The van der Waals surface area contributed by atoms with Crippen LogP contribution in [0.4, 0.5) is 0 Å². The molecule has 4 heteroatoms. The first kappa shape index (κ1) is 9.16. The second-order valence-corrected chi connectivity index (χ2v) is 5.10. The SMILES string of the molecule is N#CC1(c2ccc3c(I)cnn3c2)CC1. The van der Waals surface area contributed by atoms with Gasteiger partial charge in [0.25, 0.3) is 0 Å². The van der Waals surface area contributed by atoms with Gasteiger partial charge in [0.05, 0.1) is 26.8 Å². The molecular formula is C11H8IN3. The average Bonchev–Trinajstić information content (AvgIpc) is 2.99. The molecule has 0 bridgehead atoms. The fourth-order valence-electron chi connectivity index (χ4n) is 1.83. The Morgan fingerprint density at radius 2 is 2.27 bits per heavy atom. The summed E-state index contributed by atoms with van der Waals surface area (Å²) in [4.78, 5) is 0. The van der Waals surface area contributed by atoms with Crippen LogP contribution < -0.4 is 0 Å². The van der Waals surface area contributed by atoms with E-state index >= 15 is 0 Å². The Morgan fingerprint density at radius 3 is 2.93 bits per heavy atom. The monoisotopic (exact) mass is 309 g/mol. The zero-order valence-electron chi connectivity index (χ0n) is 7.94. The first-order chi connectivity index (χ1) is 7.25. The van der Waals surface area contributed by atoms with Crippen molar-refractivity contribution >= 4 is 28.1 Å². The molecule has 0 amide bonds. The lowest BCUT2D eigenvalue weighted by molar-refractivity contribution is 0.862. The summed E-state index contributed by atoms with van der Waals surface area (Å²) in [6, 6.07) is 6.49. The van der Waals surface area contributed by atoms with Crippen LogP contribution in [0.15, 0.2) is 24.5 Å². The van der Waals surface area contributed by atoms with Crippen molar-refractivity contribution in [1.29, 1.82) is 5.26 Å². The minimum atomic E-state index is -0.217. The molecule has 0 aliphatic heterocycles. The molecule has 0 unspecified atom stereocenters. The van der Waals surface area contributed by atoms with Crippen molar-refractivity contribution in [2.75, 3.05) is 0 Å². The van der Waals surface area contributed by atoms with Gasteiger partial charge < -0.3 is 0 Å². The van der Waals surface area contributed by atoms with E-state index in [1.165, 1.54) is 0 Å². The summed E-state index contributed by atoms with van der Waals surface area (Å²) in [5.74, 6) is 0. The molecule has 0 radical (unpaired) electrons. The van der Waals surface area contributed by atoms with Crippen molar-refractivity contribution in [1.82, 2.24) is 9.61 Å². The van der Waals surface area contributed by atoms with Crippen LogP contribution in [0.1, 0.15) is 18.4 Å². The Hall–Kier alpha value is -1.09. The molecule has 0 atom stereocenters. The van der Waals surface area contributed by atoms with Crippen molar-refractivity contribution in [2.24, 2.45) is 0 Å². The minimum absolute atomic E-state index is 0.217. The summed E-state index contributed by atoms with van der Waals surface area (Å²) < 4.78 is 3.00. The molecule has 1 saturated carbocycles. The Kier molecular flexibility index (Phi) is 1.80. The molecular weight excluding hydrogens is 301 g/mol. The van der Waals surface area contributed by atoms with Gasteiger partial charge in [-0.1, -0.05) is 6.07 Å². The molecule has 0 spiro atoms. The highest BCUT2D eigenvalue weighted by atomic mass is 127. The van der Waals surface area contributed by atoms with E-state index in [1.54, 1.807) is 0 Å². The second-order valence-electron chi connectivity index (χ2n) is 3.93. The minimum Gasteiger partial charge on any atom is -0.240 e. The summed E-state index contributed by atoms with van der Waals surface area (Å²) >= 11 is 2.26. The van der Waals surface area contributed by atoms with E-state index in [0.717, 1.165) is 27.5 Å². The summed E-state index contributed by atoms with van der Waals surface area (Å²) in [6.07, 6.45) is 5.78. The van der Waals surface area contributed by atoms with Gasteiger partial charge in [0.1, 0.15) is 0 Å². The Labute approximate surface area is 101 Å². The van der Waals surface area contributed by atoms with Gasteiger partial charge >= 0.3 is 0 Å². The van der Waals surface area contributed by atoms with Gasteiger partial charge in [-0.15, -0.1) is 0 Å². The molecule has 3 rings (SSSR count). The van der Waals surface area contributed by atoms with Gasteiger partial charge in [-0.05, 0) is 47.1 Å². The fourth-order valence-corrected chi connectivity index (χ4v) is 2.38. The van der Waals surface area contributed by atoms with Crippen LogP contribution in [0.5, 0.6) is 0 Å². The van der Waals surface area contributed by atoms with Gasteiger partial charge in [-0.25, -0.2) is 4.52 Å². The predicted molar refractivity (Wildman–Crippen MR) is 64.4 cm³/mol. The fraction of sp³-hybridized carbons (Fsp3) is 0.273. The third-order valence-corrected chi connectivity index (χ3v) is 3.82. The first-order valence-electron chi connectivity index (χ1n) is 4.80. The van der Waals surface area contributed by atoms with E-state index < -0.39 is 0 Å². The number of nitriles is 1. The molecule has 74 valence electrons. The Morgan fingerprint density at radius 1 is 1.47 bits per heavy atom. The van der Waals surface area contributed by atoms with Crippen molar-refractivity contribution in [3.63, 3.8) is 0 Å². The van der Waals surface area contributed by atoms with Crippen LogP contribution in [-0.2, 0) is 5.41 Å². The maximum Gasteiger partial charge on any atom is 0.0838 e. The number of halogens is 1. The van der Waals surface area contributed by atoms with Crippen LogP contribution in [-0.4, -0.2) is 9.61 Å². The average molecular weight is 309 g/mol. The van der Waals surface area contributed by atoms with Crippen LogP contribution in [0, 0.1) is 14.9 Å². The van der Waals surface area contributed by atoms with Crippen molar-refractivity contribution in [3.8, 4) is 6.07 Å². The van der Waals surface area contributed by atoms with E-state index in [4.69, 9.17) is 5.26 Å². The van der Waals surface area contributed by atoms with Crippen LogP contribution in [0.25, 0.3) is 5.52 Å². The molecule has 2 heterocycles. The van der Waals surface area contributed by atoms with E-state index in [-0.39, 0.29) is 5.41 Å². The van der Waals surface area contributed by atoms with Crippen LogP contribution >= 0.6 is 22.6 Å². The highest BCUT2D eigenvalue weighted by Gasteiger charge is 2.45. The van der Waals surface area contributed by atoms with Gasteiger partial charge in [0.2, 0.25) is 0 Å². The van der Waals surface area contributed by atoms with Crippen LogP contribution in [0.2, 0.25) is 0 Å². The Balaban J connectivity index is 2.20. The van der Waals surface area contributed by atoms with Gasteiger partial charge in [-0.2, -0.15) is 10.4 Å². The van der Waals surface area contributed by atoms with Crippen molar-refractivity contribution in [2.45, 2.75) is 18.3 Å². The largest absolute Gasteiger partial charge is 0.240 e. The number of fused-ring (bicyclic) bond motifs is 1. The third-order valence-electron chi connectivity index (χ3n) is 2.99. The van der Waals surface area contributed by atoms with Crippen molar-refractivity contribution in [3.05, 3.63) is 33.7 Å². The third kappa shape index (κ3) is 1.26. The lowest BCUT2D eigenvalue weighted by atomic mass is 10.00. The summed E-state index contributed by atoms with van der Waals surface area (Å²) in [7, 11) is 0. The summed E-state index contributed by atoms with van der Waals surface area (Å²) in [6.45, 7) is 0. The smallest absolute Gasteiger partial charge is 0.0838 e. The van der Waals surface area contributed by atoms with Crippen molar-refractivity contribution < 1.29 is 0 Å². The van der Waals surface area contributed by atoms with Crippen LogP contribution in [0.3, 0.4) is 0 Å². The topological polar surface area (TPSA) is 41.1 Å². The number of hydrogen-bond acceptors (Lipinski definition) is 2. The Bertz CT molecular complexity index is 575. The van der Waals surface area contributed by atoms with E-state index in [2.05, 4.69) is 39.8 Å². The molecule has 0 saturated heterocycles. The quantitative estimate of drug-likeness (QED) is 0.760. The summed E-state index contributed by atoms with van der Waals surface area (Å²) in [5, 5.41) is 13.4. The molecule has 15 heavy (non-hydrogen) atoms. The first-order valence-corrected chi connectivity index (χ1v) is 5.88. The van der Waals surface area contributed by atoms with E-state index in [9.17, 15) is 0 Å². The molecule has 1 aliphatic carbocycles.